The highest BCUT2D eigenvalue weighted by Gasteiger charge is 2.08. The van der Waals surface area contributed by atoms with Gasteiger partial charge in [0.25, 0.3) is 5.91 Å². The van der Waals surface area contributed by atoms with Crippen LogP contribution < -0.4 is 5.43 Å². The van der Waals surface area contributed by atoms with Crippen LogP contribution in [0, 0.1) is 5.82 Å². The Morgan fingerprint density at radius 1 is 1.17 bits per heavy atom. The van der Waals surface area contributed by atoms with Gasteiger partial charge < -0.3 is 0 Å². The van der Waals surface area contributed by atoms with Gasteiger partial charge in [-0.3, -0.25) is 4.79 Å². The molecule has 0 aliphatic carbocycles. The van der Waals surface area contributed by atoms with E-state index in [-0.39, 0.29) is 12.1 Å². The molecule has 7 nitrogen and oxygen atoms in total. The van der Waals surface area contributed by atoms with Gasteiger partial charge >= 0.3 is 0 Å². The van der Waals surface area contributed by atoms with Gasteiger partial charge in [0.05, 0.1) is 6.21 Å². The van der Waals surface area contributed by atoms with E-state index in [0.29, 0.717) is 5.82 Å². The molecule has 0 fully saturated rings. The fourth-order valence-electron chi connectivity index (χ4n) is 1.93. The largest absolute Gasteiger partial charge is 0.271 e. The standard InChI is InChI=1S/C16H13FN6O/c17-14-9-5-4-8-13(14)10-18-19-15(24)11-23-21-16(20-22-23)12-6-2-1-3-7-12/h1-10H,11H2,(H,19,24)/b18-10-. The molecule has 3 rings (SSSR count). The number of benzene rings is 2. The molecule has 0 bridgehead atoms. The first-order chi connectivity index (χ1) is 11.7. The van der Waals surface area contributed by atoms with Crippen LogP contribution in [0.5, 0.6) is 0 Å². The number of tetrazole rings is 1. The molecular weight excluding hydrogens is 311 g/mol. The number of hydrogen-bond donors (Lipinski definition) is 1. The lowest BCUT2D eigenvalue weighted by atomic mass is 10.2. The molecule has 0 aliphatic heterocycles. The molecular formula is C16H13FN6O. The second-order valence-corrected chi connectivity index (χ2v) is 4.82. The minimum Gasteiger partial charge on any atom is -0.271 e. The van der Waals surface area contributed by atoms with E-state index >= 15 is 0 Å². The van der Waals surface area contributed by atoms with E-state index in [1.807, 2.05) is 30.3 Å². The molecule has 2 aromatic carbocycles. The Kier molecular flexibility index (Phi) is 4.66. The summed E-state index contributed by atoms with van der Waals surface area (Å²) in [5, 5.41) is 15.5. The summed E-state index contributed by atoms with van der Waals surface area (Å²) < 4.78 is 13.4. The Bertz CT molecular complexity index is 862. The first kappa shape index (κ1) is 15.5. The van der Waals surface area contributed by atoms with E-state index in [9.17, 15) is 9.18 Å². The summed E-state index contributed by atoms with van der Waals surface area (Å²) in [5.41, 5.74) is 3.38. The zero-order valence-corrected chi connectivity index (χ0v) is 12.5. The monoisotopic (exact) mass is 324 g/mol. The summed E-state index contributed by atoms with van der Waals surface area (Å²) in [4.78, 5) is 12.9. The number of hydrogen-bond acceptors (Lipinski definition) is 5. The number of nitrogens with one attached hydrogen (secondary N) is 1. The minimum absolute atomic E-state index is 0.144. The summed E-state index contributed by atoms with van der Waals surface area (Å²) in [7, 11) is 0. The van der Waals surface area contributed by atoms with Crippen molar-refractivity contribution in [1.29, 1.82) is 0 Å². The molecule has 1 aromatic heterocycles. The van der Waals surface area contributed by atoms with Crippen molar-refractivity contribution in [1.82, 2.24) is 25.6 Å². The van der Waals surface area contributed by atoms with Gasteiger partial charge in [0.15, 0.2) is 0 Å². The van der Waals surface area contributed by atoms with Gasteiger partial charge in [-0.1, -0.05) is 48.5 Å². The number of hydrazone groups is 1. The quantitative estimate of drug-likeness (QED) is 0.571. The van der Waals surface area contributed by atoms with Gasteiger partial charge in [0.2, 0.25) is 5.82 Å². The van der Waals surface area contributed by atoms with Crippen LogP contribution in [-0.4, -0.2) is 32.3 Å². The molecule has 0 saturated carbocycles. The highest BCUT2D eigenvalue weighted by molar-refractivity contribution is 5.82. The number of halogens is 1. The molecule has 8 heteroatoms. The highest BCUT2D eigenvalue weighted by Crippen LogP contribution is 2.11. The summed E-state index contributed by atoms with van der Waals surface area (Å²) in [5.74, 6) is -0.432. The van der Waals surface area contributed by atoms with Crippen LogP contribution in [0.4, 0.5) is 4.39 Å². The van der Waals surface area contributed by atoms with E-state index in [1.54, 1.807) is 18.2 Å². The average molecular weight is 324 g/mol. The second kappa shape index (κ2) is 7.23. The predicted octanol–water partition coefficient (Wildman–Crippen LogP) is 1.63. The lowest BCUT2D eigenvalue weighted by molar-refractivity contribution is -0.122. The Hall–Kier alpha value is -3.42. The molecule has 24 heavy (non-hydrogen) atoms. The lowest BCUT2D eigenvalue weighted by Crippen LogP contribution is -2.24. The fraction of sp³-hybridized carbons (Fsp3) is 0.0625. The van der Waals surface area contributed by atoms with Crippen molar-refractivity contribution in [3.63, 3.8) is 0 Å². The molecule has 1 N–H and O–H groups in total. The summed E-state index contributed by atoms with van der Waals surface area (Å²) in [6.07, 6.45) is 1.23. The lowest BCUT2D eigenvalue weighted by Gasteiger charge is -1.98. The molecule has 0 unspecified atom stereocenters. The third-order valence-corrected chi connectivity index (χ3v) is 3.07. The van der Waals surface area contributed by atoms with Crippen LogP contribution in [0.1, 0.15) is 5.56 Å². The molecule has 0 spiro atoms. The summed E-state index contributed by atoms with van der Waals surface area (Å²) >= 11 is 0. The molecule has 1 heterocycles. The molecule has 120 valence electrons. The van der Waals surface area contributed by atoms with Crippen molar-refractivity contribution >= 4 is 12.1 Å². The van der Waals surface area contributed by atoms with Gasteiger partial charge in [-0.05, 0) is 11.3 Å². The number of nitrogens with zero attached hydrogens (tertiary/aromatic N) is 5. The van der Waals surface area contributed by atoms with Crippen molar-refractivity contribution < 1.29 is 9.18 Å². The Morgan fingerprint density at radius 3 is 2.71 bits per heavy atom. The van der Waals surface area contributed by atoms with Crippen molar-refractivity contribution in [2.75, 3.05) is 0 Å². The van der Waals surface area contributed by atoms with Crippen molar-refractivity contribution in [2.24, 2.45) is 5.10 Å². The van der Waals surface area contributed by atoms with Gasteiger partial charge in [-0.15, -0.1) is 10.2 Å². The first-order valence-corrected chi connectivity index (χ1v) is 7.12. The predicted molar refractivity (Wildman–Crippen MR) is 85.4 cm³/mol. The highest BCUT2D eigenvalue weighted by atomic mass is 19.1. The Labute approximate surface area is 136 Å². The van der Waals surface area contributed by atoms with Crippen LogP contribution in [-0.2, 0) is 11.3 Å². The van der Waals surface area contributed by atoms with Crippen molar-refractivity contribution in [3.05, 3.63) is 66.0 Å². The SMILES string of the molecule is O=C(Cn1nnc(-c2ccccc2)n1)N/N=C\c1ccccc1F. The van der Waals surface area contributed by atoms with Gasteiger partial charge in [-0.2, -0.15) is 9.90 Å². The smallest absolute Gasteiger partial charge is 0.263 e. The molecule has 1 amide bonds. The van der Waals surface area contributed by atoms with E-state index in [4.69, 9.17) is 0 Å². The zero-order valence-electron chi connectivity index (χ0n) is 12.5. The topological polar surface area (TPSA) is 85.1 Å². The second-order valence-electron chi connectivity index (χ2n) is 4.82. The summed E-state index contributed by atoms with van der Waals surface area (Å²) in [6.45, 7) is -0.144. The molecule has 0 radical (unpaired) electrons. The number of aromatic nitrogens is 4. The fourth-order valence-corrected chi connectivity index (χ4v) is 1.93. The van der Waals surface area contributed by atoms with Crippen LogP contribution in [0.15, 0.2) is 59.7 Å². The van der Waals surface area contributed by atoms with Crippen molar-refractivity contribution in [2.45, 2.75) is 6.54 Å². The maximum Gasteiger partial charge on any atom is 0.263 e. The van der Waals surface area contributed by atoms with Gasteiger partial charge in [0.1, 0.15) is 12.4 Å². The molecule has 3 aromatic rings. The Morgan fingerprint density at radius 2 is 1.92 bits per heavy atom. The van der Waals surface area contributed by atoms with Crippen LogP contribution in [0.2, 0.25) is 0 Å². The number of carbonyl (C=O) groups is 1. The van der Waals surface area contributed by atoms with E-state index < -0.39 is 11.7 Å². The van der Waals surface area contributed by atoms with E-state index in [1.165, 1.54) is 12.3 Å². The number of rotatable bonds is 5. The third kappa shape index (κ3) is 3.86. The number of amides is 1. The summed E-state index contributed by atoms with van der Waals surface area (Å²) in [6, 6.07) is 15.4. The number of carbonyl (C=O) groups excluding carboxylic acids is 1. The average Bonchev–Trinajstić information content (AvgIpc) is 3.06. The zero-order chi connectivity index (χ0) is 16.8. The maximum absolute atomic E-state index is 13.4. The first-order valence-electron chi connectivity index (χ1n) is 7.12. The molecule has 0 atom stereocenters. The maximum atomic E-state index is 13.4. The van der Waals surface area contributed by atoms with Gasteiger partial charge in [0, 0.05) is 11.1 Å². The molecule has 0 aliphatic rings. The molecule has 0 saturated heterocycles. The third-order valence-electron chi connectivity index (χ3n) is 3.07. The van der Waals surface area contributed by atoms with Crippen LogP contribution >= 0.6 is 0 Å². The van der Waals surface area contributed by atoms with Crippen molar-refractivity contribution in [3.8, 4) is 11.4 Å². The Balaban J connectivity index is 1.58. The van der Waals surface area contributed by atoms with E-state index in [0.717, 1.165) is 10.4 Å². The van der Waals surface area contributed by atoms with Crippen LogP contribution in [0.3, 0.4) is 0 Å². The van der Waals surface area contributed by atoms with E-state index in [2.05, 4.69) is 25.9 Å². The minimum atomic E-state index is -0.445. The van der Waals surface area contributed by atoms with Crippen LogP contribution in [0.25, 0.3) is 11.4 Å². The van der Waals surface area contributed by atoms with Gasteiger partial charge in [-0.25, -0.2) is 9.82 Å². The normalized spacial score (nSPS) is 10.9.